The fraction of sp³-hybridized carbons (Fsp3) is 0.650. The lowest BCUT2D eigenvalue weighted by Crippen LogP contribution is -2.16. The molecule has 1 aliphatic carbocycles. The smallest absolute Gasteiger partial charge is 0.336 e. The first-order valence-corrected chi connectivity index (χ1v) is 9.29. The highest BCUT2D eigenvalue weighted by molar-refractivity contribution is 6.31. The molecule has 0 radical (unpaired) electrons. The summed E-state index contributed by atoms with van der Waals surface area (Å²) in [5.74, 6) is 1.53. The topological polar surface area (TPSA) is 37.3 Å². The van der Waals surface area contributed by atoms with Gasteiger partial charge in [0.25, 0.3) is 0 Å². The van der Waals surface area contributed by atoms with Gasteiger partial charge in [-0.15, -0.1) is 0 Å². The van der Waals surface area contributed by atoms with Crippen molar-refractivity contribution in [1.82, 2.24) is 0 Å². The van der Waals surface area contributed by atoms with Gasteiger partial charge in [-0.1, -0.05) is 64.1 Å². The van der Waals surface area contributed by atoms with E-state index in [0.717, 1.165) is 23.8 Å². The predicted octanol–water partition coefficient (Wildman–Crippen LogP) is 6.38. The summed E-state index contributed by atoms with van der Waals surface area (Å²) in [6.45, 7) is 6.72. The molecule has 0 heterocycles. The summed E-state index contributed by atoms with van der Waals surface area (Å²) in [5.41, 5.74) is 1.31. The number of aromatic carboxylic acids is 1. The summed E-state index contributed by atoms with van der Waals surface area (Å²) in [4.78, 5) is 11.6. The van der Waals surface area contributed by atoms with Crippen LogP contribution in [-0.2, 0) is 0 Å². The highest BCUT2D eigenvalue weighted by Gasteiger charge is 2.25. The molecule has 0 bridgehead atoms. The monoisotopic (exact) mass is 336 g/mol. The molecule has 23 heavy (non-hydrogen) atoms. The normalized spacial score (nSPS) is 23.0. The number of carbonyl (C=O) groups is 1. The zero-order valence-corrected chi connectivity index (χ0v) is 15.3. The summed E-state index contributed by atoms with van der Waals surface area (Å²) < 4.78 is 0. The minimum atomic E-state index is -0.875. The molecule has 0 amide bonds. The molecule has 1 atom stereocenters. The van der Waals surface area contributed by atoms with Crippen LogP contribution in [0, 0.1) is 17.8 Å². The van der Waals surface area contributed by atoms with E-state index in [9.17, 15) is 9.90 Å². The highest BCUT2D eigenvalue weighted by Crippen LogP contribution is 2.37. The zero-order chi connectivity index (χ0) is 17.0. The van der Waals surface area contributed by atoms with Crippen molar-refractivity contribution in [1.29, 1.82) is 0 Å². The second-order valence-corrected chi connectivity index (χ2v) is 8.03. The van der Waals surface area contributed by atoms with Gasteiger partial charge < -0.3 is 5.11 Å². The van der Waals surface area contributed by atoms with Crippen molar-refractivity contribution in [3.8, 4) is 0 Å². The maximum Gasteiger partial charge on any atom is 0.336 e. The van der Waals surface area contributed by atoms with E-state index >= 15 is 0 Å². The molecule has 128 valence electrons. The van der Waals surface area contributed by atoms with Gasteiger partial charge in [-0.25, -0.2) is 4.79 Å². The zero-order valence-electron chi connectivity index (χ0n) is 14.5. The number of rotatable bonds is 6. The van der Waals surface area contributed by atoms with Crippen LogP contribution < -0.4 is 0 Å². The number of carboxylic acids is 1. The average molecular weight is 337 g/mol. The fourth-order valence-corrected chi connectivity index (χ4v) is 4.09. The van der Waals surface area contributed by atoms with Crippen molar-refractivity contribution in [2.75, 3.05) is 0 Å². The Morgan fingerprint density at radius 3 is 2.48 bits per heavy atom. The molecule has 0 aromatic heterocycles. The average Bonchev–Trinajstić information content (AvgIpc) is 2.50. The van der Waals surface area contributed by atoms with Gasteiger partial charge in [0.2, 0.25) is 0 Å². The Morgan fingerprint density at radius 1 is 1.26 bits per heavy atom. The number of hydrogen-bond donors (Lipinski definition) is 1. The van der Waals surface area contributed by atoms with E-state index in [0.29, 0.717) is 16.5 Å². The number of halogens is 1. The van der Waals surface area contributed by atoms with Crippen LogP contribution in [0.1, 0.15) is 81.1 Å². The summed E-state index contributed by atoms with van der Waals surface area (Å²) in [6.07, 6.45) is 7.63. The third kappa shape index (κ3) is 4.97. The van der Waals surface area contributed by atoms with Crippen LogP contribution in [0.3, 0.4) is 0 Å². The first-order chi connectivity index (χ1) is 10.9. The van der Waals surface area contributed by atoms with Crippen molar-refractivity contribution in [2.45, 2.75) is 65.2 Å². The molecule has 1 N–H and O–H groups in total. The number of carboxylic acid groups (broad SMARTS) is 1. The summed E-state index contributed by atoms with van der Waals surface area (Å²) in [5, 5.41) is 10.0. The minimum Gasteiger partial charge on any atom is -0.478 e. The van der Waals surface area contributed by atoms with Gasteiger partial charge in [0.1, 0.15) is 0 Å². The van der Waals surface area contributed by atoms with Gasteiger partial charge in [0, 0.05) is 5.02 Å². The lowest BCUT2D eigenvalue weighted by Gasteiger charge is -2.29. The number of benzene rings is 1. The number of hydrogen-bond acceptors (Lipinski definition) is 1. The highest BCUT2D eigenvalue weighted by atomic mass is 35.5. The van der Waals surface area contributed by atoms with Gasteiger partial charge in [-0.3, -0.25) is 0 Å². The maximum atomic E-state index is 11.6. The lowest BCUT2D eigenvalue weighted by atomic mass is 9.76. The first-order valence-electron chi connectivity index (χ1n) is 8.91. The van der Waals surface area contributed by atoms with Gasteiger partial charge in [0.05, 0.1) is 5.56 Å². The van der Waals surface area contributed by atoms with Crippen LogP contribution >= 0.6 is 11.6 Å². The van der Waals surface area contributed by atoms with E-state index in [-0.39, 0.29) is 5.92 Å². The Hall–Kier alpha value is -1.02. The molecule has 0 unspecified atom stereocenters. The van der Waals surface area contributed by atoms with Crippen molar-refractivity contribution < 1.29 is 9.90 Å². The molecular formula is C20H29ClO2. The molecular weight excluding hydrogens is 308 g/mol. The van der Waals surface area contributed by atoms with Crippen LogP contribution in [-0.4, -0.2) is 11.1 Å². The minimum absolute atomic E-state index is 0.290. The standard InChI is InChI=1S/C20H29ClO2/c1-13(2)17(10-8-15-6-4-14(3)5-7-15)18-11-9-16(21)12-19(18)20(22)23/h9,11-15,17H,4-8,10H2,1-3H3,(H,22,23)/t14?,15?,17-/m0/s1. The van der Waals surface area contributed by atoms with Crippen LogP contribution in [0.4, 0.5) is 0 Å². The summed E-state index contributed by atoms with van der Waals surface area (Å²) in [7, 11) is 0. The van der Waals surface area contributed by atoms with Crippen LogP contribution in [0.5, 0.6) is 0 Å². The molecule has 1 aromatic rings. The van der Waals surface area contributed by atoms with E-state index in [1.54, 1.807) is 6.07 Å². The molecule has 1 saturated carbocycles. The Bertz CT molecular complexity index is 530. The van der Waals surface area contributed by atoms with Crippen molar-refractivity contribution in [3.63, 3.8) is 0 Å². The molecule has 2 nitrogen and oxygen atoms in total. The van der Waals surface area contributed by atoms with Crippen molar-refractivity contribution in [3.05, 3.63) is 34.3 Å². The van der Waals surface area contributed by atoms with Gasteiger partial charge in [0.15, 0.2) is 0 Å². The Labute approximate surface area is 145 Å². The fourth-order valence-electron chi connectivity index (χ4n) is 3.92. The van der Waals surface area contributed by atoms with Crippen LogP contribution in [0.25, 0.3) is 0 Å². The predicted molar refractivity (Wildman–Crippen MR) is 96.3 cm³/mol. The van der Waals surface area contributed by atoms with Crippen molar-refractivity contribution >= 4 is 17.6 Å². The molecule has 1 aromatic carbocycles. The van der Waals surface area contributed by atoms with Gasteiger partial charge in [-0.2, -0.15) is 0 Å². The molecule has 2 rings (SSSR count). The summed E-state index contributed by atoms with van der Waals surface area (Å²) >= 11 is 5.99. The Balaban J connectivity index is 2.11. The second kappa shape index (κ2) is 8.19. The van der Waals surface area contributed by atoms with Crippen molar-refractivity contribution in [2.24, 2.45) is 17.8 Å². The lowest BCUT2D eigenvalue weighted by molar-refractivity contribution is 0.0694. The summed E-state index contributed by atoms with van der Waals surface area (Å²) in [6, 6.07) is 5.33. The first kappa shape index (κ1) is 18.3. The van der Waals surface area contributed by atoms with Crippen LogP contribution in [0.15, 0.2) is 18.2 Å². The molecule has 1 fully saturated rings. The maximum absolute atomic E-state index is 11.6. The van der Waals surface area contributed by atoms with E-state index in [1.165, 1.54) is 32.1 Å². The molecule has 0 saturated heterocycles. The molecule has 0 spiro atoms. The molecule has 3 heteroatoms. The molecule has 1 aliphatic rings. The van der Waals surface area contributed by atoms with E-state index in [1.807, 2.05) is 12.1 Å². The third-order valence-electron chi connectivity index (χ3n) is 5.47. The van der Waals surface area contributed by atoms with E-state index in [2.05, 4.69) is 20.8 Å². The van der Waals surface area contributed by atoms with E-state index in [4.69, 9.17) is 11.6 Å². The van der Waals surface area contributed by atoms with Gasteiger partial charge in [-0.05, 0) is 54.2 Å². The SMILES string of the molecule is CC1CCC(CC[C@H](c2ccc(Cl)cc2C(=O)O)C(C)C)CC1. The largest absolute Gasteiger partial charge is 0.478 e. The Morgan fingerprint density at radius 2 is 1.91 bits per heavy atom. The van der Waals surface area contributed by atoms with Crippen LogP contribution in [0.2, 0.25) is 5.02 Å². The third-order valence-corrected chi connectivity index (χ3v) is 5.71. The molecule has 0 aliphatic heterocycles. The van der Waals surface area contributed by atoms with E-state index < -0.39 is 5.97 Å². The Kier molecular flexibility index (Phi) is 6.52. The quantitative estimate of drug-likeness (QED) is 0.654. The van der Waals surface area contributed by atoms with Gasteiger partial charge >= 0.3 is 5.97 Å². The second-order valence-electron chi connectivity index (χ2n) is 7.59.